The van der Waals surface area contributed by atoms with Crippen LogP contribution in [-0.2, 0) is 13.3 Å². The van der Waals surface area contributed by atoms with Gasteiger partial charge in [0.15, 0.2) is 0 Å². The van der Waals surface area contributed by atoms with Gasteiger partial charge in [-0.2, -0.15) is 0 Å². The SMILES string of the molecule is CC[Si](CC)(CC)OC/C=C/[C@@H](O[Si](CC)(CC)CC)[C@@H](C)[C@H](/C=C/C(C)=[CH]/[Sn]([CH3])([CH3])[CH3])O[Si](CC)(CC)CC. The molecule has 0 bridgehead atoms. The van der Waals surface area contributed by atoms with Gasteiger partial charge in [-0.15, -0.1) is 0 Å². The Hall–Kier alpha value is 0.549. The van der Waals surface area contributed by atoms with Crippen LogP contribution in [0, 0.1) is 5.92 Å². The average molecular weight is 718 g/mol. The summed E-state index contributed by atoms with van der Waals surface area (Å²) in [6.45, 7) is 26.3. The van der Waals surface area contributed by atoms with Gasteiger partial charge in [-0.1, -0.05) is 20.8 Å². The van der Waals surface area contributed by atoms with E-state index in [0.717, 1.165) is 36.3 Å². The summed E-state index contributed by atoms with van der Waals surface area (Å²) in [6, 6.07) is 10.5. The summed E-state index contributed by atoms with van der Waals surface area (Å²) in [5.74, 6) is 0.233. The summed E-state index contributed by atoms with van der Waals surface area (Å²) in [4.78, 5) is 7.42. The quantitative estimate of drug-likeness (QED) is 0.0634. The van der Waals surface area contributed by atoms with Crippen molar-refractivity contribution < 1.29 is 13.3 Å². The molecule has 3 nitrogen and oxygen atoms in total. The first-order valence-corrected chi connectivity index (χ1v) is 34.6. The Morgan fingerprint density at radius 2 is 1.00 bits per heavy atom. The third kappa shape index (κ3) is 13.5. The first-order valence-electron chi connectivity index (χ1n) is 16.8. The molecule has 0 unspecified atom stereocenters. The van der Waals surface area contributed by atoms with Crippen molar-refractivity contribution in [2.24, 2.45) is 5.92 Å². The standard InChI is InChI=1S/C30H61O3Si3.3CH3.Sn/c1-13-34(14-2,15-3)31-26-22-23-29(32-35(16-4,17-5)18-6)28(12)30(25-24-27(10)11)33-36(19-7,20-8)21-9;;;;/h10,22-25,28-30H,13-21,26H2,1-9,11-12H3;3*1H3;/b23-22+,25-24+,27-10?;;;;/t28-,29-,30+;;;;/m1..../s1. The molecule has 0 aliphatic carbocycles. The van der Waals surface area contributed by atoms with E-state index in [1.54, 1.807) is 0 Å². The Morgan fingerprint density at radius 1 is 0.625 bits per heavy atom. The van der Waals surface area contributed by atoms with E-state index in [4.69, 9.17) is 13.3 Å². The van der Waals surface area contributed by atoms with Crippen LogP contribution in [0.3, 0.4) is 0 Å². The van der Waals surface area contributed by atoms with Crippen molar-refractivity contribution in [2.45, 2.75) is 158 Å². The topological polar surface area (TPSA) is 27.7 Å². The van der Waals surface area contributed by atoms with Crippen LogP contribution < -0.4 is 0 Å². The van der Waals surface area contributed by atoms with Crippen LogP contribution in [0.15, 0.2) is 34.0 Å². The van der Waals surface area contributed by atoms with Gasteiger partial charge in [-0.05, 0) is 18.1 Å². The van der Waals surface area contributed by atoms with Crippen molar-refractivity contribution >= 4 is 43.3 Å². The Balaban J connectivity index is 6.52. The van der Waals surface area contributed by atoms with Crippen LogP contribution in [0.4, 0.5) is 0 Å². The second-order valence-corrected chi connectivity index (χ2v) is 41.7. The van der Waals surface area contributed by atoms with Crippen molar-refractivity contribution in [3.05, 3.63) is 34.0 Å². The summed E-state index contributed by atoms with van der Waals surface area (Å²) in [6.07, 6.45) is 9.43. The predicted octanol–water partition coefficient (Wildman–Crippen LogP) is 11.4. The Labute approximate surface area is 259 Å². The molecule has 0 aromatic heterocycles. The van der Waals surface area contributed by atoms with Gasteiger partial charge < -0.3 is 0 Å². The van der Waals surface area contributed by atoms with Gasteiger partial charge in [0.2, 0.25) is 0 Å². The first-order chi connectivity index (χ1) is 18.7. The molecule has 0 saturated heterocycles. The minimum absolute atomic E-state index is 0.0362. The van der Waals surface area contributed by atoms with Gasteiger partial charge in [0.25, 0.3) is 0 Å². The zero-order chi connectivity index (χ0) is 31.0. The Bertz CT molecular complexity index is 739. The molecule has 3 atom stereocenters. The van der Waals surface area contributed by atoms with E-state index in [-0.39, 0.29) is 18.1 Å². The number of hydrogen-bond acceptors (Lipinski definition) is 3. The van der Waals surface area contributed by atoms with E-state index in [0.29, 0.717) is 6.61 Å². The van der Waals surface area contributed by atoms with Crippen LogP contribution in [0.25, 0.3) is 0 Å². The molecule has 0 aliphatic rings. The minimum atomic E-state index is -2.03. The normalized spacial score (nSPS) is 16.7. The molecule has 0 aromatic rings. The van der Waals surface area contributed by atoms with E-state index in [1.165, 1.54) is 23.7 Å². The van der Waals surface area contributed by atoms with Crippen LogP contribution in [0.1, 0.15) is 76.2 Å². The maximum absolute atomic E-state index is 7.26. The number of rotatable bonds is 22. The maximum atomic E-state index is 7.26. The fourth-order valence-electron chi connectivity index (χ4n) is 5.86. The van der Waals surface area contributed by atoms with E-state index < -0.39 is 43.3 Å². The van der Waals surface area contributed by atoms with Crippen molar-refractivity contribution in [2.75, 3.05) is 6.61 Å². The molecule has 0 spiro atoms. The molecule has 7 heteroatoms. The van der Waals surface area contributed by atoms with Crippen LogP contribution in [-0.4, -0.2) is 62.1 Å². The van der Waals surface area contributed by atoms with Gasteiger partial charge in [0.05, 0.1) is 0 Å². The molecule has 0 N–H and O–H groups in total. The first kappa shape index (κ1) is 40.5. The third-order valence-corrected chi connectivity index (χ3v) is 27.3. The van der Waals surface area contributed by atoms with Crippen molar-refractivity contribution in [1.82, 2.24) is 0 Å². The van der Waals surface area contributed by atoms with E-state index in [1.807, 2.05) is 0 Å². The van der Waals surface area contributed by atoms with Gasteiger partial charge in [0, 0.05) is 0 Å². The number of allylic oxidation sites excluding steroid dienone is 2. The van der Waals surface area contributed by atoms with Crippen molar-refractivity contribution in [3.8, 4) is 0 Å². The molecule has 0 radical (unpaired) electrons. The molecule has 0 fully saturated rings. The zero-order valence-corrected chi connectivity index (χ0v) is 35.3. The fraction of sp³-hybridized carbons (Fsp3) is 0.818. The Kier molecular flexibility index (Phi) is 20.0. The molecular formula is C33H70O3Si3Sn. The molecule has 236 valence electrons. The molecule has 0 aliphatic heterocycles. The third-order valence-electron chi connectivity index (χ3n) is 9.63. The van der Waals surface area contributed by atoms with Gasteiger partial charge in [-0.25, -0.2) is 0 Å². The van der Waals surface area contributed by atoms with Gasteiger partial charge in [-0.3, -0.25) is 0 Å². The molecule has 0 aromatic carbocycles. The zero-order valence-electron chi connectivity index (χ0n) is 29.4. The summed E-state index contributed by atoms with van der Waals surface area (Å²) in [5.41, 5.74) is 1.39. The summed E-state index contributed by atoms with van der Waals surface area (Å²) < 4.78 is 23.7. The second kappa shape index (κ2) is 19.8. The van der Waals surface area contributed by atoms with Gasteiger partial charge in [0.1, 0.15) is 0 Å². The fourth-order valence-corrected chi connectivity index (χ4v) is 18.3. The molecule has 0 rings (SSSR count). The van der Waals surface area contributed by atoms with Crippen LogP contribution in [0.5, 0.6) is 0 Å². The van der Waals surface area contributed by atoms with Gasteiger partial charge >= 0.3 is 222 Å². The molecule has 0 amide bonds. The summed E-state index contributed by atoms with van der Waals surface area (Å²) in [5, 5.41) is 0. The molecule has 0 heterocycles. The summed E-state index contributed by atoms with van der Waals surface area (Å²) in [7, 11) is -5.25. The van der Waals surface area contributed by atoms with Crippen molar-refractivity contribution in [3.63, 3.8) is 0 Å². The predicted molar refractivity (Wildman–Crippen MR) is 192 cm³/mol. The second-order valence-electron chi connectivity index (χ2n) is 13.1. The van der Waals surface area contributed by atoms with E-state index >= 15 is 0 Å². The Morgan fingerprint density at radius 3 is 1.35 bits per heavy atom. The van der Waals surface area contributed by atoms with E-state index in [2.05, 4.69) is 119 Å². The number of hydrogen-bond donors (Lipinski definition) is 0. The van der Waals surface area contributed by atoms with Crippen molar-refractivity contribution in [1.29, 1.82) is 0 Å². The molecular weight excluding hydrogens is 647 g/mol. The molecule has 0 saturated carbocycles. The van der Waals surface area contributed by atoms with Crippen LogP contribution in [0.2, 0.25) is 69.2 Å². The molecule has 40 heavy (non-hydrogen) atoms. The average Bonchev–Trinajstić information content (AvgIpc) is 2.94. The monoisotopic (exact) mass is 718 g/mol. The van der Waals surface area contributed by atoms with Crippen LogP contribution >= 0.6 is 0 Å². The van der Waals surface area contributed by atoms with E-state index in [9.17, 15) is 0 Å². The summed E-state index contributed by atoms with van der Waals surface area (Å²) >= 11 is -2.03.